The largest absolute Gasteiger partial charge is 0.418 e. The summed E-state index contributed by atoms with van der Waals surface area (Å²) < 4.78 is 39.7. The molecule has 1 heterocycles. The molecule has 2 nitrogen and oxygen atoms in total. The molecular formula is C13H12ClF3N2S2. The zero-order chi connectivity index (χ0) is 15.5. The molecule has 8 heteroatoms. The van der Waals surface area contributed by atoms with Crippen molar-refractivity contribution in [3.05, 3.63) is 44.9 Å². The Balaban J connectivity index is 2.29. The molecule has 0 aliphatic heterocycles. The fourth-order valence-electron chi connectivity index (χ4n) is 1.86. The lowest BCUT2D eigenvalue weighted by Gasteiger charge is -2.17. The average molecular weight is 353 g/mol. The van der Waals surface area contributed by atoms with Gasteiger partial charge in [0.15, 0.2) is 4.47 Å². The summed E-state index contributed by atoms with van der Waals surface area (Å²) in [6, 6.07) is 4.22. The first kappa shape index (κ1) is 16.5. The molecule has 0 bridgehead atoms. The van der Waals surface area contributed by atoms with Crippen LogP contribution in [0.25, 0.3) is 0 Å². The number of para-hydroxylation sites is 1. The monoisotopic (exact) mass is 352 g/mol. The van der Waals surface area contributed by atoms with Gasteiger partial charge in [-0.05, 0) is 17.9 Å². The second kappa shape index (κ2) is 6.89. The molecule has 0 atom stereocenters. The van der Waals surface area contributed by atoms with Crippen LogP contribution >= 0.6 is 34.7 Å². The average Bonchev–Trinajstić information content (AvgIpc) is 2.82. The zero-order valence-electron chi connectivity index (χ0n) is 11.0. The number of alkyl halides is 3. The molecular weight excluding hydrogens is 341 g/mol. The molecule has 0 spiro atoms. The Morgan fingerprint density at radius 2 is 2.14 bits per heavy atom. The van der Waals surface area contributed by atoms with Crippen molar-refractivity contribution in [3.8, 4) is 0 Å². The van der Waals surface area contributed by atoms with E-state index in [1.165, 1.54) is 29.2 Å². The van der Waals surface area contributed by atoms with Gasteiger partial charge in [-0.1, -0.05) is 23.7 Å². The minimum absolute atomic E-state index is 0.129. The topological polar surface area (TPSA) is 24.9 Å². The van der Waals surface area contributed by atoms with Crippen LogP contribution in [-0.2, 0) is 18.5 Å². The number of hydrogen-bond acceptors (Lipinski definition) is 4. The van der Waals surface area contributed by atoms with Gasteiger partial charge in [0.05, 0.1) is 17.8 Å². The van der Waals surface area contributed by atoms with Crippen molar-refractivity contribution < 1.29 is 13.2 Å². The SMILES string of the molecule is CSCc1cccc(C(F)(F)F)c1NCc1cnc(Cl)s1. The number of thioether (sulfide) groups is 1. The Morgan fingerprint density at radius 1 is 1.38 bits per heavy atom. The zero-order valence-corrected chi connectivity index (χ0v) is 13.4. The number of halogens is 4. The second-order valence-electron chi connectivity index (χ2n) is 4.20. The Bertz CT molecular complexity index is 614. The molecule has 21 heavy (non-hydrogen) atoms. The van der Waals surface area contributed by atoms with Crippen LogP contribution in [0.1, 0.15) is 16.0 Å². The Kier molecular flexibility index (Phi) is 5.40. The molecule has 0 aliphatic carbocycles. The highest BCUT2D eigenvalue weighted by molar-refractivity contribution is 7.97. The van der Waals surface area contributed by atoms with Gasteiger partial charge in [0.2, 0.25) is 0 Å². The second-order valence-corrected chi connectivity index (χ2v) is 6.77. The van der Waals surface area contributed by atoms with Crippen LogP contribution in [-0.4, -0.2) is 11.2 Å². The first-order valence-corrected chi connectivity index (χ1v) is 8.52. The highest BCUT2D eigenvalue weighted by atomic mass is 35.5. The van der Waals surface area contributed by atoms with Gasteiger partial charge in [-0.15, -0.1) is 11.3 Å². The van der Waals surface area contributed by atoms with Crippen molar-refractivity contribution in [1.82, 2.24) is 4.98 Å². The molecule has 1 aromatic carbocycles. The van der Waals surface area contributed by atoms with Crippen molar-refractivity contribution in [1.29, 1.82) is 0 Å². The minimum atomic E-state index is -4.39. The highest BCUT2D eigenvalue weighted by Gasteiger charge is 2.34. The van der Waals surface area contributed by atoms with Gasteiger partial charge >= 0.3 is 6.18 Å². The van der Waals surface area contributed by atoms with Gasteiger partial charge in [-0.25, -0.2) is 4.98 Å². The smallest absolute Gasteiger partial charge is 0.379 e. The van der Waals surface area contributed by atoms with Crippen LogP contribution in [0.3, 0.4) is 0 Å². The number of nitrogens with one attached hydrogen (secondary N) is 1. The Morgan fingerprint density at radius 3 is 2.71 bits per heavy atom. The predicted molar refractivity (Wildman–Crippen MR) is 83.1 cm³/mol. The summed E-state index contributed by atoms with van der Waals surface area (Å²) in [7, 11) is 0. The number of anilines is 1. The summed E-state index contributed by atoms with van der Waals surface area (Å²) in [4.78, 5) is 4.66. The molecule has 0 saturated heterocycles. The Labute approximate surface area is 133 Å². The lowest BCUT2D eigenvalue weighted by atomic mass is 10.1. The fourth-order valence-corrected chi connectivity index (χ4v) is 3.33. The maximum absolute atomic E-state index is 13.1. The molecule has 1 aromatic heterocycles. The number of rotatable bonds is 5. The number of aromatic nitrogens is 1. The molecule has 0 fully saturated rings. The summed E-state index contributed by atoms with van der Waals surface area (Å²) in [6.45, 7) is 0.263. The summed E-state index contributed by atoms with van der Waals surface area (Å²) in [6.07, 6.45) is -0.973. The van der Waals surface area contributed by atoms with Crippen LogP contribution in [0, 0.1) is 0 Å². The van der Waals surface area contributed by atoms with Gasteiger partial charge in [0, 0.05) is 16.8 Å². The van der Waals surface area contributed by atoms with Crippen molar-refractivity contribution in [2.75, 3.05) is 11.6 Å². The molecule has 114 valence electrons. The van der Waals surface area contributed by atoms with Gasteiger partial charge in [-0.3, -0.25) is 0 Å². The summed E-state index contributed by atoms with van der Waals surface area (Å²) >= 11 is 8.44. The standard InChI is InChI=1S/C13H12ClF3N2S2/c1-20-7-8-3-2-4-10(13(15,16)17)11(8)18-5-9-6-19-12(14)21-9/h2-4,6,18H,5,7H2,1H3. The first-order valence-electron chi connectivity index (χ1n) is 5.94. The van der Waals surface area contributed by atoms with E-state index >= 15 is 0 Å². The van der Waals surface area contributed by atoms with E-state index in [9.17, 15) is 13.2 Å². The number of hydrogen-bond donors (Lipinski definition) is 1. The lowest BCUT2D eigenvalue weighted by molar-refractivity contribution is -0.137. The number of benzene rings is 1. The summed E-state index contributed by atoms with van der Waals surface area (Å²) in [5.41, 5.74) is 0.112. The maximum Gasteiger partial charge on any atom is 0.418 e. The molecule has 2 rings (SSSR count). The van der Waals surface area contributed by atoms with Gasteiger partial charge in [0.1, 0.15) is 0 Å². The third-order valence-electron chi connectivity index (χ3n) is 2.72. The van der Waals surface area contributed by atoms with Crippen molar-refractivity contribution in [2.24, 2.45) is 0 Å². The van der Waals surface area contributed by atoms with Gasteiger partial charge < -0.3 is 5.32 Å². The molecule has 0 amide bonds. The number of thiazole rings is 1. The summed E-state index contributed by atoms with van der Waals surface area (Å²) in [5, 5.41) is 2.88. The van der Waals surface area contributed by atoms with E-state index in [2.05, 4.69) is 10.3 Å². The van der Waals surface area contributed by atoms with E-state index < -0.39 is 11.7 Å². The summed E-state index contributed by atoms with van der Waals surface area (Å²) in [5.74, 6) is 0.510. The van der Waals surface area contributed by atoms with Crippen LogP contribution in [0.5, 0.6) is 0 Å². The highest BCUT2D eigenvalue weighted by Crippen LogP contribution is 2.38. The van der Waals surface area contributed by atoms with E-state index in [0.29, 0.717) is 15.8 Å². The van der Waals surface area contributed by atoms with E-state index in [1.54, 1.807) is 12.3 Å². The van der Waals surface area contributed by atoms with Crippen LogP contribution in [0.2, 0.25) is 4.47 Å². The normalized spacial score (nSPS) is 11.7. The van der Waals surface area contributed by atoms with Crippen molar-refractivity contribution in [2.45, 2.75) is 18.5 Å². The molecule has 0 unspecified atom stereocenters. The van der Waals surface area contributed by atoms with Crippen LogP contribution < -0.4 is 5.32 Å². The van der Waals surface area contributed by atoms with Crippen LogP contribution in [0.15, 0.2) is 24.4 Å². The third-order valence-corrected chi connectivity index (χ3v) is 4.44. The van der Waals surface area contributed by atoms with Crippen molar-refractivity contribution in [3.63, 3.8) is 0 Å². The third kappa shape index (κ3) is 4.28. The molecule has 1 N–H and O–H groups in total. The molecule has 0 radical (unpaired) electrons. The number of nitrogens with zero attached hydrogens (tertiary/aromatic N) is 1. The van der Waals surface area contributed by atoms with E-state index in [4.69, 9.17) is 11.6 Å². The molecule has 0 aliphatic rings. The van der Waals surface area contributed by atoms with E-state index in [1.807, 2.05) is 6.26 Å². The molecule has 0 saturated carbocycles. The minimum Gasteiger partial charge on any atom is -0.379 e. The lowest BCUT2D eigenvalue weighted by Crippen LogP contribution is -2.12. The first-order chi connectivity index (χ1) is 9.91. The van der Waals surface area contributed by atoms with Gasteiger partial charge in [0.25, 0.3) is 0 Å². The molecule has 2 aromatic rings. The quantitative estimate of drug-likeness (QED) is 0.791. The van der Waals surface area contributed by atoms with Crippen molar-refractivity contribution >= 4 is 40.4 Å². The Hall–Kier alpha value is -0.920. The van der Waals surface area contributed by atoms with Crippen LogP contribution in [0.4, 0.5) is 18.9 Å². The van der Waals surface area contributed by atoms with E-state index in [-0.39, 0.29) is 12.2 Å². The van der Waals surface area contributed by atoms with Gasteiger partial charge in [-0.2, -0.15) is 24.9 Å². The fraction of sp³-hybridized carbons (Fsp3) is 0.308. The predicted octanol–water partition coefficient (Wildman–Crippen LogP) is 5.29. The maximum atomic E-state index is 13.1. The van der Waals surface area contributed by atoms with E-state index in [0.717, 1.165) is 10.9 Å².